The Hall–Kier alpha value is -3.79. The van der Waals surface area contributed by atoms with Crippen LogP contribution in [0.3, 0.4) is 0 Å². The van der Waals surface area contributed by atoms with Crippen LogP contribution in [0, 0.1) is 0 Å². The molecule has 0 aliphatic carbocycles. The van der Waals surface area contributed by atoms with Crippen molar-refractivity contribution in [3.8, 4) is 28.4 Å². The van der Waals surface area contributed by atoms with Gasteiger partial charge in [-0.2, -0.15) is 0 Å². The van der Waals surface area contributed by atoms with Crippen LogP contribution < -0.4 is 10.3 Å². The Morgan fingerprint density at radius 2 is 1.81 bits per heavy atom. The van der Waals surface area contributed by atoms with Crippen LogP contribution in [0.25, 0.3) is 28.2 Å². The van der Waals surface area contributed by atoms with Gasteiger partial charge >= 0.3 is 6.36 Å². The van der Waals surface area contributed by atoms with E-state index >= 15 is 0 Å². The van der Waals surface area contributed by atoms with Gasteiger partial charge in [0.1, 0.15) is 5.75 Å². The Labute approximate surface area is 176 Å². The monoisotopic (exact) mass is 446 g/mol. The summed E-state index contributed by atoms with van der Waals surface area (Å²) in [7, 11) is 0. The molecule has 4 rings (SSSR count). The number of benzene rings is 2. The zero-order valence-corrected chi connectivity index (χ0v) is 16.3. The first-order valence-electron chi connectivity index (χ1n) is 8.78. The Morgan fingerprint density at radius 1 is 1.06 bits per heavy atom. The third kappa shape index (κ3) is 4.24. The van der Waals surface area contributed by atoms with E-state index < -0.39 is 17.7 Å². The highest BCUT2D eigenvalue weighted by Gasteiger charge is 2.31. The smallest absolute Gasteiger partial charge is 0.504 e. The van der Waals surface area contributed by atoms with Gasteiger partial charge in [-0.15, -0.1) is 24.5 Å². The van der Waals surface area contributed by atoms with Crippen LogP contribution in [0.15, 0.2) is 58.8 Å². The number of hydrogen-bond acceptors (Lipinski definition) is 6. The second kappa shape index (κ2) is 7.80. The second-order valence-electron chi connectivity index (χ2n) is 6.35. The predicted octanol–water partition coefficient (Wildman–Crippen LogP) is 4.90. The van der Waals surface area contributed by atoms with E-state index in [1.807, 2.05) is 0 Å². The molecule has 0 unspecified atom stereocenters. The van der Waals surface area contributed by atoms with Gasteiger partial charge in [-0.05, 0) is 35.9 Å². The number of nitrogens with zero attached hydrogens (tertiary/aromatic N) is 2. The summed E-state index contributed by atoms with van der Waals surface area (Å²) in [4.78, 5) is 17.9. The van der Waals surface area contributed by atoms with E-state index in [4.69, 9.17) is 0 Å². The molecule has 0 aliphatic rings. The number of rotatable bonds is 4. The molecule has 0 aliphatic heterocycles. The van der Waals surface area contributed by atoms with Crippen LogP contribution in [0.1, 0.15) is 11.3 Å². The van der Waals surface area contributed by atoms with Gasteiger partial charge in [0.25, 0.3) is 5.56 Å². The number of fused-ring (bicyclic) bond motifs is 1. The maximum Gasteiger partial charge on any atom is 0.573 e. The average molecular weight is 446 g/mol. The minimum Gasteiger partial charge on any atom is -0.504 e. The number of halogens is 3. The van der Waals surface area contributed by atoms with E-state index in [0.717, 1.165) is 12.1 Å². The largest absolute Gasteiger partial charge is 0.573 e. The lowest BCUT2D eigenvalue weighted by Gasteiger charge is -2.10. The van der Waals surface area contributed by atoms with Crippen molar-refractivity contribution in [2.75, 3.05) is 0 Å². The van der Waals surface area contributed by atoms with E-state index in [9.17, 15) is 28.2 Å². The van der Waals surface area contributed by atoms with Crippen molar-refractivity contribution in [3.63, 3.8) is 0 Å². The predicted molar refractivity (Wildman–Crippen MR) is 110 cm³/mol. The Bertz CT molecular complexity index is 1340. The summed E-state index contributed by atoms with van der Waals surface area (Å²) in [6, 6.07) is 9.32. The highest BCUT2D eigenvalue weighted by atomic mass is 32.1. The zero-order valence-electron chi connectivity index (χ0n) is 15.5. The standard InChI is InChI=1S/C21H13F3N2O4S/c22-21(23,24)30-14-7-4-12(5-8-14)17-15(25-20-26(19(17)29)10-11-31-20)9-6-13-2-1-3-16(27)18(13)28/h1-11,27-28H/b9-6+. The van der Waals surface area contributed by atoms with Crippen molar-refractivity contribution in [2.24, 2.45) is 0 Å². The van der Waals surface area contributed by atoms with E-state index in [1.54, 1.807) is 23.7 Å². The molecule has 0 saturated heterocycles. The van der Waals surface area contributed by atoms with Crippen LogP contribution in [-0.2, 0) is 0 Å². The normalized spacial score (nSPS) is 12.0. The Kier molecular flexibility index (Phi) is 5.15. The maximum absolute atomic E-state index is 13.1. The van der Waals surface area contributed by atoms with Gasteiger partial charge in [0.15, 0.2) is 16.5 Å². The molecule has 2 aromatic heterocycles. The van der Waals surface area contributed by atoms with E-state index in [2.05, 4.69) is 9.72 Å². The average Bonchev–Trinajstić information content (AvgIpc) is 3.18. The fraction of sp³-hybridized carbons (Fsp3) is 0.0476. The van der Waals surface area contributed by atoms with Gasteiger partial charge in [-0.1, -0.05) is 24.3 Å². The number of aromatic nitrogens is 2. The van der Waals surface area contributed by atoms with Crippen molar-refractivity contribution in [3.05, 3.63) is 75.7 Å². The van der Waals surface area contributed by atoms with Crippen molar-refractivity contribution in [1.82, 2.24) is 9.38 Å². The summed E-state index contributed by atoms with van der Waals surface area (Å²) in [6.07, 6.45) is -0.305. The molecule has 0 fully saturated rings. The molecule has 2 N–H and O–H groups in total. The fourth-order valence-electron chi connectivity index (χ4n) is 2.96. The van der Waals surface area contributed by atoms with Crippen LogP contribution in [0.2, 0.25) is 0 Å². The maximum atomic E-state index is 13.1. The van der Waals surface area contributed by atoms with Crippen molar-refractivity contribution >= 4 is 28.4 Å². The van der Waals surface area contributed by atoms with Crippen LogP contribution in [-0.4, -0.2) is 26.0 Å². The first-order valence-corrected chi connectivity index (χ1v) is 9.66. The number of aromatic hydroxyl groups is 2. The number of ether oxygens (including phenoxy) is 1. The highest BCUT2D eigenvalue weighted by Crippen LogP contribution is 2.31. The molecule has 31 heavy (non-hydrogen) atoms. The third-order valence-electron chi connectivity index (χ3n) is 4.34. The molecule has 6 nitrogen and oxygen atoms in total. The molecule has 0 amide bonds. The number of alkyl halides is 3. The molecule has 2 heterocycles. The van der Waals surface area contributed by atoms with Crippen LogP contribution >= 0.6 is 11.3 Å². The molecule has 158 valence electrons. The molecule has 0 spiro atoms. The lowest BCUT2D eigenvalue weighted by molar-refractivity contribution is -0.274. The minimum absolute atomic E-state index is 0.158. The molecule has 2 aromatic carbocycles. The summed E-state index contributed by atoms with van der Waals surface area (Å²) in [6.45, 7) is 0. The van der Waals surface area contributed by atoms with Gasteiger partial charge in [-0.25, -0.2) is 4.98 Å². The molecule has 10 heteroatoms. The van der Waals surface area contributed by atoms with Gasteiger partial charge in [-0.3, -0.25) is 9.20 Å². The molecular formula is C21H13F3N2O4S. The number of hydrogen-bond donors (Lipinski definition) is 2. The van der Waals surface area contributed by atoms with Gasteiger partial charge < -0.3 is 14.9 Å². The highest BCUT2D eigenvalue weighted by molar-refractivity contribution is 7.15. The Morgan fingerprint density at radius 3 is 2.52 bits per heavy atom. The van der Waals surface area contributed by atoms with E-state index in [0.29, 0.717) is 16.1 Å². The first-order chi connectivity index (χ1) is 14.7. The number of phenols is 2. The molecule has 0 saturated carbocycles. The zero-order chi connectivity index (χ0) is 22.2. The van der Waals surface area contributed by atoms with Crippen molar-refractivity contribution in [1.29, 1.82) is 0 Å². The third-order valence-corrected chi connectivity index (χ3v) is 5.09. The van der Waals surface area contributed by atoms with Crippen molar-refractivity contribution in [2.45, 2.75) is 6.36 Å². The lowest BCUT2D eigenvalue weighted by atomic mass is 10.0. The summed E-state index contributed by atoms with van der Waals surface area (Å²) in [5.41, 5.74) is 0.640. The van der Waals surface area contributed by atoms with Crippen molar-refractivity contribution < 1.29 is 28.1 Å². The number of phenolic OH excluding ortho intramolecular Hbond substituents is 2. The number of para-hydroxylation sites is 1. The fourth-order valence-corrected chi connectivity index (χ4v) is 3.68. The number of thiazole rings is 1. The topological polar surface area (TPSA) is 84.1 Å². The molecule has 0 atom stereocenters. The Balaban J connectivity index is 1.82. The molecule has 0 radical (unpaired) electrons. The SMILES string of the molecule is O=c1c(-c2ccc(OC(F)(F)F)cc2)c(/C=C/c2cccc(O)c2O)nc2sccn12. The summed E-state index contributed by atoms with van der Waals surface area (Å²) in [5, 5.41) is 21.3. The van der Waals surface area contributed by atoms with Crippen LogP contribution in [0.5, 0.6) is 17.2 Å². The summed E-state index contributed by atoms with van der Waals surface area (Å²) >= 11 is 1.24. The van der Waals surface area contributed by atoms with Gasteiger partial charge in [0.2, 0.25) is 0 Å². The second-order valence-corrected chi connectivity index (χ2v) is 7.23. The van der Waals surface area contributed by atoms with Crippen LogP contribution in [0.4, 0.5) is 13.2 Å². The van der Waals surface area contributed by atoms with E-state index in [-0.39, 0.29) is 22.8 Å². The lowest BCUT2D eigenvalue weighted by Crippen LogP contribution is -2.18. The molecule has 0 bridgehead atoms. The summed E-state index contributed by atoms with van der Waals surface area (Å²) in [5.74, 6) is -1.05. The molecule has 4 aromatic rings. The quantitative estimate of drug-likeness (QED) is 0.436. The minimum atomic E-state index is -4.82. The summed E-state index contributed by atoms with van der Waals surface area (Å²) < 4.78 is 42.5. The molecular weight excluding hydrogens is 433 g/mol. The van der Waals surface area contributed by atoms with Gasteiger partial charge in [0.05, 0.1) is 11.3 Å². The van der Waals surface area contributed by atoms with Gasteiger partial charge in [0, 0.05) is 17.1 Å². The first kappa shape index (κ1) is 20.5. The van der Waals surface area contributed by atoms with E-state index in [1.165, 1.54) is 46.1 Å².